The summed E-state index contributed by atoms with van der Waals surface area (Å²) in [5.41, 5.74) is 2.17. The molecule has 4 atom stereocenters. The third kappa shape index (κ3) is 3.20. The highest BCUT2D eigenvalue weighted by Gasteiger charge is 2.65. The van der Waals surface area contributed by atoms with Crippen LogP contribution in [0.15, 0.2) is 60.7 Å². The summed E-state index contributed by atoms with van der Waals surface area (Å²) in [5.74, 6) is -3.43. The number of anilines is 2. The van der Waals surface area contributed by atoms with Crippen LogP contribution in [-0.4, -0.2) is 41.4 Å². The van der Waals surface area contributed by atoms with Crippen molar-refractivity contribution in [2.75, 3.05) is 16.4 Å². The molecule has 186 valence electrons. The van der Waals surface area contributed by atoms with Gasteiger partial charge < -0.3 is 9.64 Å². The summed E-state index contributed by atoms with van der Waals surface area (Å²) >= 11 is 0. The van der Waals surface area contributed by atoms with Crippen LogP contribution in [0.4, 0.5) is 17.1 Å². The zero-order valence-corrected chi connectivity index (χ0v) is 20.2. The predicted molar refractivity (Wildman–Crippen MR) is 137 cm³/mol. The normalized spacial score (nSPS) is 23.7. The van der Waals surface area contributed by atoms with E-state index in [4.69, 9.17) is 4.74 Å². The zero-order valence-electron chi connectivity index (χ0n) is 20.2. The summed E-state index contributed by atoms with van der Waals surface area (Å²) in [6.07, 6.45) is 3.82. The maximum atomic E-state index is 13.9. The molecule has 6 rings (SSSR count). The van der Waals surface area contributed by atoms with Gasteiger partial charge >= 0.3 is 5.97 Å². The smallest absolute Gasteiger partial charge is 0.329 e. The van der Waals surface area contributed by atoms with Crippen LogP contribution in [0.1, 0.15) is 18.1 Å². The molecule has 37 heavy (non-hydrogen) atoms. The highest BCUT2D eigenvalue weighted by molar-refractivity contribution is 6.25. The summed E-state index contributed by atoms with van der Waals surface area (Å²) in [6.45, 7) is 3.51. The van der Waals surface area contributed by atoms with Gasteiger partial charge in [-0.3, -0.25) is 19.7 Å². The molecule has 0 unspecified atom stereocenters. The molecule has 3 heterocycles. The minimum atomic E-state index is -1.01. The molecule has 3 aliphatic heterocycles. The average molecular weight is 498 g/mol. The summed E-state index contributed by atoms with van der Waals surface area (Å²) < 4.78 is 5.41. The quantitative estimate of drug-likeness (QED) is 0.232. The van der Waals surface area contributed by atoms with Gasteiger partial charge in [-0.1, -0.05) is 48.6 Å². The van der Waals surface area contributed by atoms with Crippen LogP contribution in [-0.2, 0) is 19.1 Å². The lowest BCUT2D eigenvalue weighted by atomic mass is 9.88. The number of imide groups is 1. The maximum absolute atomic E-state index is 13.9. The molecule has 2 fully saturated rings. The van der Waals surface area contributed by atoms with Crippen molar-refractivity contribution in [2.45, 2.75) is 25.9 Å². The number of hydrogen-bond acceptors (Lipinski definition) is 7. The molecule has 3 aromatic carbocycles. The van der Waals surface area contributed by atoms with E-state index in [1.54, 1.807) is 13.8 Å². The fourth-order valence-corrected chi connectivity index (χ4v) is 6.01. The van der Waals surface area contributed by atoms with Gasteiger partial charge in [-0.05, 0) is 36.2 Å². The minimum Gasteiger partial charge on any atom is -0.464 e. The molecule has 3 aliphatic rings. The van der Waals surface area contributed by atoms with Crippen molar-refractivity contribution >= 4 is 51.7 Å². The van der Waals surface area contributed by atoms with Gasteiger partial charge in [-0.2, -0.15) is 0 Å². The van der Waals surface area contributed by atoms with Gasteiger partial charge in [0.05, 0.1) is 35.1 Å². The summed E-state index contributed by atoms with van der Waals surface area (Å²) in [7, 11) is 0. The van der Waals surface area contributed by atoms with E-state index in [1.165, 1.54) is 18.2 Å². The monoisotopic (exact) mass is 497 g/mol. The number of carbonyl (C=O) groups excluding carboxylic acids is 3. The Kier molecular flexibility index (Phi) is 5.11. The first-order chi connectivity index (χ1) is 17.8. The zero-order chi connectivity index (χ0) is 26.0. The van der Waals surface area contributed by atoms with Crippen LogP contribution in [0.25, 0.3) is 16.8 Å². The average Bonchev–Trinajstić information content (AvgIpc) is 3.37. The number of fused-ring (bicyclic) bond motifs is 7. The van der Waals surface area contributed by atoms with Crippen molar-refractivity contribution in [3.8, 4) is 0 Å². The number of nitro groups is 1. The number of benzene rings is 3. The molecule has 3 aromatic rings. The Morgan fingerprint density at radius 3 is 2.54 bits per heavy atom. The lowest BCUT2D eigenvalue weighted by molar-refractivity contribution is -0.384. The van der Waals surface area contributed by atoms with Crippen LogP contribution >= 0.6 is 0 Å². The number of hydrogen-bond donors (Lipinski definition) is 0. The summed E-state index contributed by atoms with van der Waals surface area (Å²) in [4.78, 5) is 54.8. The molecule has 0 radical (unpaired) electrons. The SMILES string of the molecule is CCOC(=O)[C@@H]1[C@@H]2C(=O)N(c3cc([N+](=O)[O-])ccc3C)C(=O)[C@@H]2[C@H]2C=Cc3c(ccc4ccccc34)N21. The molecule has 9 heteroatoms. The largest absolute Gasteiger partial charge is 0.464 e. The van der Waals surface area contributed by atoms with E-state index in [2.05, 4.69) is 0 Å². The number of ether oxygens (including phenoxy) is 1. The Bertz CT molecular complexity index is 1550. The Morgan fingerprint density at radius 2 is 1.78 bits per heavy atom. The van der Waals surface area contributed by atoms with E-state index in [0.29, 0.717) is 5.56 Å². The lowest BCUT2D eigenvalue weighted by Crippen LogP contribution is -2.49. The minimum absolute atomic E-state index is 0.126. The third-order valence-corrected chi connectivity index (χ3v) is 7.59. The van der Waals surface area contributed by atoms with Crippen molar-refractivity contribution < 1.29 is 24.0 Å². The molecule has 2 saturated heterocycles. The number of amides is 2. The van der Waals surface area contributed by atoms with Crippen LogP contribution in [0.5, 0.6) is 0 Å². The van der Waals surface area contributed by atoms with Crippen molar-refractivity contribution in [1.82, 2.24) is 0 Å². The fourth-order valence-electron chi connectivity index (χ4n) is 6.01. The van der Waals surface area contributed by atoms with Gasteiger partial charge in [0.15, 0.2) is 0 Å². The Balaban J connectivity index is 1.50. The standard InChI is InChI=1S/C28H23N3O6/c1-3-37-28(34)25-24-23(26(32)30(27(24)33)22-14-17(31(35)36)10-8-15(22)2)21-13-11-19-18-7-5-4-6-16(18)9-12-20(19)29(21)25/h4-14,21,23-25H,3H2,1-2H3/t21-,23-,24-,25+/m1/s1. The highest BCUT2D eigenvalue weighted by atomic mass is 16.6. The topological polar surface area (TPSA) is 110 Å². The van der Waals surface area contributed by atoms with Crippen molar-refractivity contribution in [2.24, 2.45) is 11.8 Å². The number of non-ortho nitro benzene ring substituents is 1. The number of rotatable bonds is 4. The second-order valence-corrected chi connectivity index (χ2v) is 9.46. The molecular weight excluding hydrogens is 474 g/mol. The number of esters is 1. The van der Waals surface area contributed by atoms with Crippen molar-refractivity contribution in [3.05, 3.63) is 81.9 Å². The molecule has 0 bridgehead atoms. The van der Waals surface area contributed by atoms with Crippen molar-refractivity contribution in [3.63, 3.8) is 0 Å². The Labute approximate surface area is 212 Å². The van der Waals surface area contributed by atoms with Crippen molar-refractivity contribution in [1.29, 1.82) is 0 Å². The number of aryl methyl sites for hydroxylation is 1. The predicted octanol–water partition coefficient (Wildman–Crippen LogP) is 4.01. The molecule has 0 aliphatic carbocycles. The molecule has 9 nitrogen and oxygen atoms in total. The van der Waals surface area contributed by atoms with E-state index in [1.807, 2.05) is 53.5 Å². The van der Waals surface area contributed by atoms with E-state index in [-0.39, 0.29) is 18.0 Å². The third-order valence-electron chi connectivity index (χ3n) is 7.59. The first-order valence-corrected chi connectivity index (χ1v) is 12.1. The first-order valence-electron chi connectivity index (χ1n) is 12.1. The molecule has 0 spiro atoms. The number of carbonyl (C=O) groups is 3. The first kappa shape index (κ1) is 22.9. The van der Waals surface area contributed by atoms with Gasteiger partial charge in [-0.15, -0.1) is 0 Å². The fraction of sp³-hybridized carbons (Fsp3) is 0.250. The lowest BCUT2D eigenvalue weighted by Gasteiger charge is -2.36. The van der Waals surface area contributed by atoms with E-state index >= 15 is 0 Å². The second-order valence-electron chi connectivity index (χ2n) is 9.46. The van der Waals surface area contributed by atoms with Crippen LogP contribution < -0.4 is 9.80 Å². The van der Waals surface area contributed by atoms with Gasteiger partial charge in [0.25, 0.3) is 5.69 Å². The van der Waals surface area contributed by atoms with Gasteiger partial charge in [0, 0.05) is 23.4 Å². The summed E-state index contributed by atoms with van der Waals surface area (Å²) in [5, 5.41) is 13.4. The number of nitro benzene ring substituents is 1. The van der Waals surface area contributed by atoms with Gasteiger partial charge in [0.2, 0.25) is 11.8 Å². The van der Waals surface area contributed by atoms with Crippen LogP contribution in [0.2, 0.25) is 0 Å². The second kappa shape index (κ2) is 8.26. The number of nitrogens with zero attached hydrogens (tertiary/aromatic N) is 3. The Morgan fingerprint density at radius 1 is 1.03 bits per heavy atom. The summed E-state index contributed by atoms with van der Waals surface area (Å²) in [6, 6.07) is 14.3. The van der Waals surface area contributed by atoms with E-state index in [9.17, 15) is 24.5 Å². The molecule has 0 saturated carbocycles. The highest BCUT2D eigenvalue weighted by Crippen LogP contribution is 2.50. The van der Waals surface area contributed by atoms with Gasteiger partial charge in [0.1, 0.15) is 6.04 Å². The van der Waals surface area contributed by atoms with Crippen LogP contribution in [0.3, 0.4) is 0 Å². The van der Waals surface area contributed by atoms with E-state index < -0.39 is 46.6 Å². The maximum Gasteiger partial charge on any atom is 0.329 e. The molecule has 2 amide bonds. The van der Waals surface area contributed by atoms with E-state index in [0.717, 1.165) is 26.9 Å². The molecule has 0 aromatic heterocycles. The molecular formula is C28H23N3O6. The van der Waals surface area contributed by atoms with Gasteiger partial charge in [-0.25, -0.2) is 9.69 Å². The molecule has 0 N–H and O–H groups in total. The van der Waals surface area contributed by atoms with Crippen LogP contribution in [0, 0.1) is 28.9 Å². The Hall–Kier alpha value is -4.53.